The summed E-state index contributed by atoms with van der Waals surface area (Å²) < 4.78 is 38.8. The second kappa shape index (κ2) is 8.75. The summed E-state index contributed by atoms with van der Waals surface area (Å²) in [7, 11) is 0. The molecule has 3 nitrogen and oxygen atoms in total. The van der Waals surface area contributed by atoms with E-state index in [2.05, 4.69) is 10.3 Å². The molecule has 146 valence electrons. The second-order valence-corrected chi connectivity index (χ2v) is 7.43. The lowest BCUT2D eigenvalue weighted by Gasteiger charge is -2.11. The largest absolute Gasteiger partial charge is 0.417 e. The number of hydrogen-bond acceptors (Lipinski definition) is 3. The van der Waals surface area contributed by atoms with Crippen LogP contribution < -0.4 is 5.32 Å². The molecule has 0 radical (unpaired) electrons. The molecule has 0 atom stereocenters. The molecule has 0 fully saturated rings. The Morgan fingerprint density at radius 2 is 2.00 bits per heavy atom. The Morgan fingerprint density at radius 3 is 2.71 bits per heavy atom. The van der Waals surface area contributed by atoms with Gasteiger partial charge in [-0.15, -0.1) is 11.3 Å². The summed E-state index contributed by atoms with van der Waals surface area (Å²) in [5, 5.41) is 4.41. The number of nitrogens with zero attached hydrogens (tertiary/aromatic N) is 1. The van der Waals surface area contributed by atoms with Gasteiger partial charge in [-0.05, 0) is 47.2 Å². The molecule has 0 spiro atoms. The summed E-state index contributed by atoms with van der Waals surface area (Å²) in [5.74, 6) is -0.246. The average molecular weight is 425 g/mol. The second-order valence-electron chi connectivity index (χ2n) is 6.08. The van der Waals surface area contributed by atoms with Crippen LogP contribution in [0.2, 0.25) is 5.02 Å². The van der Waals surface area contributed by atoms with Crippen LogP contribution in [0.5, 0.6) is 0 Å². The summed E-state index contributed by atoms with van der Waals surface area (Å²) >= 11 is 7.17. The maximum atomic E-state index is 12.9. The number of aryl methyl sites for hydroxylation is 1. The predicted molar refractivity (Wildman–Crippen MR) is 104 cm³/mol. The van der Waals surface area contributed by atoms with Gasteiger partial charge in [-0.25, -0.2) is 0 Å². The van der Waals surface area contributed by atoms with Crippen LogP contribution in [0.1, 0.15) is 23.1 Å². The van der Waals surface area contributed by atoms with Gasteiger partial charge in [-0.1, -0.05) is 29.8 Å². The molecular weight excluding hydrogens is 409 g/mol. The third-order valence-corrected chi connectivity index (χ3v) is 5.30. The molecule has 2 heterocycles. The lowest BCUT2D eigenvalue weighted by atomic mass is 10.1. The Labute approximate surface area is 169 Å². The van der Waals surface area contributed by atoms with Crippen molar-refractivity contribution in [1.82, 2.24) is 10.3 Å². The van der Waals surface area contributed by atoms with Gasteiger partial charge >= 0.3 is 6.18 Å². The van der Waals surface area contributed by atoms with E-state index in [1.165, 1.54) is 12.1 Å². The van der Waals surface area contributed by atoms with Gasteiger partial charge in [0.05, 0.1) is 21.2 Å². The summed E-state index contributed by atoms with van der Waals surface area (Å²) in [5.41, 5.74) is 1.21. The maximum absolute atomic E-state index is 12.9. The molecule has 0 aliphatic heterocycles. The van der Waals surface area contributed by atoms with E-state index in [-0.39, 0.29) is 23.8 Å². The summed E-state index contributed by atoms with van der Waals surface area (Å²) in [4.78, 5) is 17.5. The Bertz CT molecular complexity index is 958. The molecule has 28 heavy (non-hydrogen) atoms. The van der Waals surface area contributed by atoms with Crippen molar-refractivity contribution in [3.8, 4) is 10.6 Å². The van der Waals surface area contributed by atoms with E-state index in [1.807, 2.05) is 23.6 Å². The number of thiophene rings is 1. The lowest BCUT2D eigenvalue weighted by Crippen LogP contribution is -2.23. The monoisotopic (exact) mass is 424 g/mol. The molecule has 0 bridgehead atoms. The number of halogens is 4. The molecule has 8 heteroatoms. The van der Waals surface area contributed by atoms with Crippen molar-refractivity contribution in [2.45, 2.75) is 25.6 Å². The highest BCUT2D eigenvalue weighted by Crippen LogP contribution is 2.35. The number of alkyl halides is 3. The SMILES string of the molecule is O=C(CCc1ccc(Cl)c(C(F)(F)F)c1)NCc1cccnc1-c1cccs1. The number of benzene rings is 1. The lowest BCUT2D eigenvalue weighted by molar-refractivity contribution is -0.137. The highest BCUT2D eigenvalue weighted by molar-refractivity contribution is 7.13. The summed E-state index contributed by atoms with van der Waals surface area (Å²) in [6.07, 6.45) is -2.56. The number of pyridine rings is 1. The number of amides is 1. The summed E-state index contributed by atoms with van der Waals surface area (Å²) in [6, 6.07) is 11.3. The van der Waals surface area contributed by atoms with E-state index in [9.17, 15) is 18.0 Å². The zero-order valence-corrected chi connectivity index (χ0v) is 16.2. The van der Waals surface area contributed by atoms with Crippen LogP contribution in [-0.4, -0.2) is 10.9 Å². The number of carbonyl (C=O) groups is 1. The Balaban J connectivity index is 1.59. The van der Waals surface area contributed by atoms with Crippen molar-refractivity contribution < 1.29 is 18.0 Å². The van der Waals surface area contributed by atoms with Crippen LogP contribution in [0.4, 0.5) is 13.2 Å². The van der Waals surface area contributed by atoms with Crippen molar-refractivity contribution >= 4 is 28.8 Å². The molecule has 3 aromatic rings. The van der Waals surface area contributed by atoms with Crippen LogP contribution in [0.25, 0.3) is 10.6 Å². The van der Waals surface area contributed by atoms with Crippen molar-refractivity contribution in [3.63, 3.8) is 0 Å². The van der Waals surface area contributed by atoms with Gasteiger partial charge in [0.1, 0.15) is 0 Å². The molecule has 0 saturated carbocycles. The number of rotatable bonds is 6. The number of carbonyl (C=O) groups excluding carboxylic acids is 1. The van der Waals surface area contributed by atoms with E-state index in [1.54, 1.807) is 23.6 Å². The van der Waals surface area contributed by atoms with Crippen molar-refractivity contribution in [1.29, 1.82) is 0 Å². The third kappa shape index (κ3) is 5.11. The fraction of sp³-hybridized carbons (Fsp3) is 0.200. The molecule has 0 unspecified atom stereocenters. The zero-order valence-electron chi connectivity index (χ0n) is 14.6. The minimum Gasteiger partial charge on any atom is -0.352 e. The highest BCUT2D eigenvalue weighted by Gasteiger charge is 2.33. The van der Waals surface area contributed by atoms with Gasteiger partial charge < -0.3 is 5.32 Å². The molecule has 1 amide bonds. The van der Waals surface area contributed by atoms with E-state index in [0.717, 1.165) is 22.2 Å². The molecular formula is C20H16ClF3N2OS. The first-order valence-electron chi connectivity index (χ1n) is 8.44. The van der Waals surface area contributed by atoms with E-state index in [0.29, 0.717) is 12.1 Å². The maximum Gasteiger partial charge on any atom is 0.417 e. The van der Waals surface area contributed by atoms with Gasteiger partial charge in [-0.2, -0.15) is 13.2 Å². The first-order chi connectivity index (χ1) is 13.3. The average Bonchev–Trinajstić information content (AvgIpc) is 3.19. The van der Waals surface area contributed by atoms with Gasteiger partial charge in [-0.3, -0.25) is 9.78 Å². The molecule has 0 saturated heterocycles. The third-order valence-electron chi connectivity index (χ3n) is 4.10. The fourth-order valence-electron chi connectivity index (χ4n) is 2.70. The van der Waals surface area contributed by atoms with Crippen LogP contribution in [0.3, 0.4) is 0 Å². The molecule has 3 rings (SSSR count). The zero-order chi connectivity index (χ0) is 20.1. The highest BCUT2D eigenvalue weighted by atomic mass is 35.5. The van der Waals surface area contributed by atoms with Gasteiger partial charge in [0.15, 0.2) is 0 Å². The van der Waals surface area contributed by atoms with Crippen LogP contribution in [0.15, 0.2) is 54.0 Å². The predicted octanol–water partition coefficient (Wildman–Crippen LogP) is 5.73. The normalized spacial score (nSPS) is 11.4. The van der Waals surface area contributed by atoms with Crippen LogP contribution in [0, 0.1) is 0 Å². The number of aromatic nitrogens is 1. The molecule has 1 N–H and O–H groups in total. The van der Waals surface area contributed by atoms with Gasteiger partial charge in [0.2, 0.25) is 5.91 Å². The van der Waals surface area contributed by atoms with Crippen molar-refractivity contribution in [3.05, 3.63) is 75.8 Å². The minimum atomic E-state index is -4.52. The van der Waals surface area contributed by atoms with Gasteiger partial charge in [0.25, 0.3) is 0 Å². The smallest absolute Gasteiger partial charge is 0.352 e. The number of hydrogen-bond donors (Lipinski definition) is 1. The summed E-state index contributed by atoms with van der Waals surface area (Å²) in [6.45, 7) is 0.300. The topological polar surface area (TPSA) is 42.0 Å². The van der Waals surface area contributed by atoms with E-state index < -0.39 is 11.7 Å². The molecule has 0 aliphatic carbocycles. The quantitative estimate of drug-likeness (QED) is 0.549. The standard InChI is InChI=1S/C20H16ClF3N2OS/c21-16-7-5-13(11-15(16)20(22,23)24)6-8-18(27)26-12-14-3-1-9-25-19(14)17-4-2-10-28-17/h1-5,7,9-11H,6,8,12H2,(H,26,27). The first-order valence-corrected chi connectivity index (χ1v) is 9.70. The molecule has 0 aliphatic rings. The first kappa shape index (κ1) is 20.4. The fourth-order valence-corrected chi connectivity index (χ4v) is 3.68. The Hall–Kier alpha value is -2.38. The Kier molecular flexibility index (Phi) is 6.36. The van der Waals surface area contributed by atoms with E-state index >= 15 is 0 Å². The number of nitrogens with one attached hydrogen (secondary N) is 1. The molecule has 1 aromatic carbocycles. The minimum absolute atomic E-state index is 0.0769. The van der Waals surface area contributed by atoms with Crippen molar-refractivity contribution in [2.24, 2.45) is 0 Å². The van der Waals surface area contributed by atoms with E-state index in [4.69, 9.17) is 11.6 Å². The van der Waals surface area contributed by atoms with Crippen LogP contribution >= 0.6 is 22.9 Å². The van der Waals surface area contributed by atoms with Gasteiger partial charge in [0, 0.05) is 19.2 Å². The van der Waals surface area contributed by atoms with Crippen LogP contribution in [-0.2, 0) is 23.9 Å². The molecule has 2 aromatic heterocycles. The Morgan fingerprint density at radius 1 is 1.18 bits per heavy atom. The van der Waals surface area contributed by atoms with Crippen molar-refractivity contribution in [2.75, 3.05) is 0 Å².